The molecule has 6 heteroatoms. The number of anilines is 1. The third kappa shape index (κ3) is 3.55. The van der Waals surface area contributed by atoms with Crippen LogP contribution in [0.4, 0.5) is 10.3 Å². The van der Waals surface area contributed by atoms with E-state index in [0.29, 0.717) is 23.3 Å². The molecule has 0 amide bonds. The average molecular weight is 390 g/mol. The minimum absolute atomic E-state index is 0.315. The van der Waals surface area contributed by atoms with Crippen molar-refractivity contribution in [3.05, 3.63) is 66.5 Å². The van der Waals surface area contributed by atoms with E-state index in [-0.39, 0.29) is 5.82 Å². The fourth-order valence-electron chi connectivity index (χ4n) is 4.29. The van der Waals surface area contributed by atoms with Gasteiger partial charge in [0.05, 0.1) is 12.8 Å². The van der Waals surface area contributed by atoms with Gasteiger partial charge >= 0.3 is 0 Å². The van der Waals surface area contributed by atoms with E-state index in [1.165, 1.54) is 11.8 Å². The second-order valence-corrected chi connectivity index (χ2v) is 7.83. The van der Waals surface area contributed by atoms with E-state index < -0.39 is 0 Å². The Morgan fingerprint density at radius 1 is 1.03 bits per heavy atom. The van der Waals surface area contributed by atoms with Gasteiger partial charge in [0.25, 0.3) is 0 Å². The Kier molecular flexibility index (Phi) is 4.62. The van der Waals surface area contributed by atoms with Crippen LogP contribution < -0.4 is 9.64 Å². The van der Waals surface area contributed by atoms with Gasteiger partial charge in [-0.05, 0) is 47.6 Å². The van der Waals surface area contributed by atoms with Gasteiger partial charge in [0, 0.05) is 43.2 Å². The zero-order chi connectivity index (χ0) is 19.8. The molecular weight excluding hydrogens is 367 g/mol. The van der Waals surface area contributed by atoms with E-state index in [1.807, 2.05) is 36.7 Å². The maximum atomic E-state index is 13.9. The molecule has 5 rings (SSSR count). The van der Waals surface area contributed by atoms with Crippen LogP contribution in [0, 0.1) is 23.6 Å². The first-order valence-corrected chi connectivity index (χ1v) is 10.1. The molecule has 148 valence electrons. The predicted octanol–water partition coefficient (Wildman–Crippen LogP) is 4.00. The highest BCUT2D eigenvalue weighted by Gasteiger charge is 2.56. The van der Waals surface area contributed by atoms with Crippen molar-refractivity contribution < 1.29 is 9.13 Å². The molecule has 5 nitrogen and oxygen atoms in total. The lowest BCUT2D eigenvalue weighted by Gasteiger charge is -2.19. The van der Waals surface area contributed by atoms with Gasteiger partial charge in [0.2, 0.25) is 5.95 Å². The third-order valence-corrected chi connectivity index (χ3v) is 6.13. The van der Waals surface area contributed by atoms with E-state index in [1.54, 1.807) is 12.3 Å². The van der Waals surface area contributed by atoms with E-state index in [9.17, 15) is 4.39 Å². The molecule has 1 unspecified atom stereocenters. The summed E-state index contributed by atoms with van der Waals surface area (Å²) in [4.78, 5) is 15.1. The normalized spacial score (nSPS) is 22.4. The van der Waals surface area contributed by atoms with Gasteiger partial charge in [-0.3, -0.25) is 4.98 Å². The quantitative estimate of drug-likeness (QED) is 0.637. The maximum Gasteiger partial charge on any atom is 0.225 e. The molecule has 1 saturated carbocycles. The predicted molar refractivity (Wildman–Crippen MR) is 109 cm³/mol. The SMILES string of the molecule is CCc1cnc(N2C[C@@H]3C(COc4ccc(-c5ccncc5F)cc4)[C@@H]3C2)nc1. The molecule has 2 aliphatic rings. The summed E-state index contributed by atoms with van der Waals surface area (Å²) in [6.45, 7) is 4.84. The van der Waals surface area contributed by atoms with E-state index in [4.69, 9.17) is 4.74 Å². The van der Waals surface area contributed by atoms with E-state index >= 15 is 0 Å². The maximum absolute atomic E-state index is 13.9. The molecule has 3 aromatic rings. The zero-order valence-corrected chi connectivity index (χ0v) is 16.3. The lowest BCUT2D eigenvalue weighted by atomic mass is 10.1. The van der Waals surface area contributed by atoms with Crippen LogP contribution in [-0.2, 0) is 6.42 Å². The molecule has 2 fully saturated rings. The van der Waals surface area contributed by atoms with Gasteiger partial charge in [-0.1, -0.05) is 19.1 Å². The van der Waals surface area contributed by atoms with Gasteiger partial charge in [-0.15, -0.1) is 0 Å². The summed E-state index contributed by atoms with van der Waals surface area (Å²) in [6, 6.07) is 9.27. The van der Waals surface area contributed by atoms with Gasteiger partial charge in [-0.25, -0.2) is 14.4 Å². The number of ether oxygens (including phenoxy) is 1. The topological polar surface area (TPSA) is 51.1 Å². The number of fused-ring (bicyclic) bond motifs is 1. The molecule has 0 N–H and O–H groups in total. The highest BCUT2D eigenvalue weighted by molar-refractivity contribution is 5.64. The van der Waals surface area contributed by atoms with Crippen LogP contribution in [0.25, 0.3) is 11.1 Å². The van der Waals surface area contributed by atoms with Crippen LogP contribution in [0.3, 0.4) is 0 Å². The van der Waals surface area contributed by atoms with Gasteiger partial charge in [0.1, 0.15) is 11.6 Å². The van der Waals surface area contributed by atoms with E-state index in [0.717, 1.165) is 43.4 Å². The number of hydrogen-bond acceptors (Lipinski definition) is 5. The lowest BCUT2D eigenvalue weighted by molar-refractivity contribution is 0.283. The number of hydrogen-bond donors (Lipinski definition) is 0. The second-order valence-electron chi connectivity index (χ2n) is 7.83. The average Bonchev–Trinajstić information content (AvgIpc) is 3.22. The summed E-state index contributed by atoms with van der Waals surface area (Å²) in [6.07, 6.45) is 7.64. The minimum atomic E-state index is -0.315. The number of rotatable bonds is 6. The number of aromatic nitrogens is 3. The molecule has 0 bridgehead atoms. The highest BCUT2D eigenvalue weighted by Crippen LogP contribution is 2.52. The number of piperidine rings is 1. The Balaban J connectivity index is 1.14. The van der Waals surface area contributed by atoms with Crippen molar-refractivity contribution in [3.8, 4) is 16.9 Å². The standard InChI is InChI=1S/C23H23FN4O/c1-2-15-9-26-23(27-10-15)28-12-19-20(13-28)21(19)14-29-17-5-3-16(4-6-17)18-7-8-25-11-22(18)24/h3-11,19-21H,2,12-14H2,1H3/t19-,20+,21?. The largest absolute Gasteiger partial charge is 0.493 e. The number of halogens is 1. The molecule has 1 aliphatic heterocycles. The van der Waals surface area contributed by atoms with Crippen molar-refractivity contribution in [2.75, 3.05) is 24.6 Å². The third-order valence-electron chi connectivity index (χ3n) is 6.13. The van der Waals surface area contributed by atoms with Crippen LogP contribution in [0.1, 0.15) is 12.5 Å². The first-order valence-electron chi connectivity index (χ1n) is 10.1. The second kappa shape index (κ2) is 7.43. The van der Waals surface area contributed by atoms with E-state index in [2.05, 4.69) is 26.8 Å². The number of benzene rings is 1. The summed E-state index contributed by atoms with van der Waals surface area (Å²) in [5, 5.41) is 0. The van der Waals surface area contributed by atoms with Crippen molar-refractivity contribution in [1.29, 1.82) is 0 Å². The van der Waals surface area contributed by atoms with Crippen LogP contribution in [-0.4, -0.2) is 34.6 Å². The number of pyridine rings is 1. The smallest absolute Gasteiger partial charge is 0.225 e. The Labute approximate surface area is 169 Å². The Hall–Kier alpha value is -3.02. The summed E-state index contributed by atoms with van der Waals surface area (Å²) in [5.74, 6) is 3.27. The monoisotopic (exact) mass is 390 g/mol. The molecule has 1 aliphatic carbocycles. The van der Waals surface area contributed by atoms with Crippen molar-refractivity contribution in [3.63, 3.8) is 0 Å². The van der Waals surface area contributed by atoms with Crippen molar-refractivity contribution in [1.82, 2.24) is 15.0 Å². The number of nitrogens with zero attached hydrogens (tertiary/aromatic N) is 4. The molecule has 2 aromatic heterocycles. The fraction of sp³-hybridized carbons (Fsp3) is 0.348. The molecule has 0 radical (unpaired) electrons. The fourth-order valence-corrected chi connectivity index (χ4v) is 4.29. The Morgan fingerprint density at radius 3 is 2.41 bits per heavy atom. The highest BCUT2D eigenvalue weighted by atomic mass is 19.1. The van der Waals surface area contributed by atoms with Gasteiger partial charge in [-0.2, -0.15) is 0 Å². The zero-order valence-electron chi connectivity index (χ0n) is 16.3. The van der Waals surface area contributed by atoms with Gasteiger partial charge in [0.15, 0.2) is 0 Å². The molecule has 3 heterocycles. The van der Waals surface area contributed by atoms with Crippen LogP contribution in [0.5, 0.6) is 5.75 Å². The summed E-state index contributed by atoms with van der Waals surface area (Å²) >= 11 is 0. The molecule has 29 heavy (non-hydrogen) atoms. The molecule has 1 aromatic carbocycles. The van der Waals surface area contributed by atoms with Gasteiger partial charge < -0.3 is 9.64 Å². The van der Waals surface area contributed by atoms with Crippen LogP contribution in [0.2, 0.25) is 0 Å². The van der Waals surface area contributed by atoms with Crippen molar-refractivity contribution >= 4 is 5.95 Å². The Morgan fingerprint density at radius 2 is 1.76 bits per heavy atom. The summed E-state index contributed by atoms with van der Waals surface area (Å²) in [5.41, 5.74) is 2.55. The number of aryl methyl sites for hydroxylation is 1. The first-order chi connectivity index (χ1) is 14.2. The first kappa shape index (κ1) is 18.0. The van der Waals surface area contributed by atoms with Crippen molar-refractivity contribution in [2.45, 2.75) is 13.3 Å². The lowest BCUT2D eigenvalue weighted by Crippen LogP contribution is -2.27. The van der Waals surface area contributed by atoms with Crippen LogP contribution in [0.15, 0.2) is 55.1 Å². The summed E-state index contributed by atoms with van der Waals surface area (Å²) < 4.78 is 19.9. The molecule has 0 spiro atoms. The molecular formula is C23H23FN4O. The summed E-state index contributed by atoms with van der Waals surface area (Å²) in [7, 11) is 0. The molecule has 1 saturated heterocycles. The molecule has 3 atom stereocenters. The Bertz CT molecular complexity index is 981. The minimum Gasteiger partial charge on any atom is -0.493 e. The van der Waals surface area contributed by atoms with Crippen LogP contribution >= 0.6 is 0 Å². The van der Waals surface area contributed by atoms with Crippen molar-refractivity contribution in [2.24, 2.45) is 17.8 Å².